The van der Waals surface area contributed by atoms with E-state index in [9.17, 15) is 18.8 Å². The number of nitrogens with one attached hydrogen (secondary N) is 2. The quantitative estimate of drug-likeness (QED) is 0.457. The lowest BCUT2D eigenvalue weighted by atomic mass is 10.1. The van der Waals surface area contributed by atoms with E-state index in [1.807, 2.05) is 4.90 Å². The van der Waals surface area contributed by atoms with Gasteiger partial charge in [-0.1, -0.05) is 18.2 Å². The molecule has 0 spiro atoms. The summed E-state index contributed by atoms with van der Waals surface area (Å²) in [6, 6.07) is 10.3. The molecule has 3 amide bonds. The van der Waals surface area contributed by atoms with Crippen LogP contribution in [0.5, 0.6) is 5.75 Å². The van der Waals surface area contributed by atoms with E-state index >= 15 is 0 Å². The molecule has 0 atom stereocenters. The van der Waals surface area contributed by atoms with Crippen molar-refractivity contribution in [3.8, 4) is 5.75 Å². The minimum Gasteiger partial charge on any atom is -0.495 e. The first-order chi connectivity index (χ1) is 17.2. The molecule has 1 aliphatic heterocycles. The van der Waals surface area contributed by atoms with E-state index in [-0.39, 0.29) is 24.6 Å². The second-order valence-corrected chi connectivity index (χ2v) is 8.60. The zero-order valence-electron chi connectivity index (χ0n) is 20.5. The average Bonchev–Trinajstić information content (AvgIpc) is 2.85. The third-order valence-corrected chi connectivity index (χ3v) is 5.99. The summed E-state index contributed by atoms with van der Waals surface area (Å²) in [5.74, 6) is -1.04. The van der Waals surface area contributed by atoms with Crippen LogP contribution in [0.25, 0.3) is 0 Å². The van der Waals surface area contributed by atoms with E-state index < -0.39 is 17.8 Å². The number of amides is 3. The second kappa shape index (κ2) is 12.8. The van der Waals surface area contributed by atoms with Gasteiger partial charge in [0.1, 0.15) is 11.6 Å². The van der Waals surface area contributed by atoms with Crippen molar-refractivity contribution in [2.75, 3.05) is 70.6 Å². The van der Waals surface area contributed by atoms with Crippen molar-refractivity contribution < 1.29 is 28.6 Å². The highest BCUT2D eigenvalue weighted by Gasteiger charge is 2.20. The molecule has 36 heavy (non-hydrogen) atoms. The smallest absolute Gasteiger partial charge is 0.323 e. The fraction of sp³-hybridized carbons (Fsp3) is 0.400. The van der Waals surface area contributed by atoms with Gasteiger partial charge in [-0.2, -0.15) is 0 Å². The van der Waals surface area contributed by atoms with Gasteiger partial charge in [-0.25, -0.2) is 9.18 Å². The van der Waals surface area contributed by atoms with Gasteiger partial charge in [-0.05, 0) is 29.8 Å². The summed E-state index contributed by atoms with van der Waals surface area (Å²) in [7, 11) is 3.21. The number of halogens is 1. The minimum atomic E-state index is -0.819. The molecule has 11 heteroatoms. The summed E-state index contributed by atoms with van der Waals surface area (Å²) < 4.78 is 19.1. The van der Waals surface area contributed by atoms with Gasteiger partial charge in [0.05, 0.1) is 31.5 Å². The third-order valence-electron chi connectivity index (χ3n) is 5.99. The van der Waals surface area contributed by atoms with Gasteiger partial charge in [0, 0.05) is 46.3 Å². The number of carboxylic acid groups (broad SMARTS) is 1. The normalized spacial score (nSPS) is 14.2. The number of carbonyl (C=O) groups excluding carboxylic acids is 2. The van der Waals surface area contributed by atoms with E-state index in [2.05, 4.69) is 15.5 Å². The number of likely N-dealkylation sites (N-methyl/N-ethyl adjacent to an activating group) is 1. The van der Waals surface area contributed by atoms with Gasteiger partial charge in [0.15, 0.2) is 0 Å². The Bertz CT molecular complexity index is 1070. The van der Waals surface area contributed by atoms with Gasteiger partial charge in [-0.15, -0.1) is 0 Å². The predicted molar refractivity (Wildman–Crippen MR) is 134 cm³/mol. The van der Waals surface area contributed by atoms with Gasteiger partial charge in [0.2, 0.25) is 5.91 Å². The van der Waals surface area contributed by atoms with Crippen LogP contribution in [0.3, 0.4) is 0 Å². The van der Waals surface area contributed by atoms with Crippen LogP contribution in [0.1, 0.15) is 5.56 Å². The molecule has 3 N–H and O–H groups in total. The molecule has 194 valence electrons. The molecule has 1 aliphatic rings. The number of piperazine rings is 1. The molecule has 1 saturated heterocycles. The van der Waals surface area contributed by atoms with Gasteiger partial charge in [0.25, 0.3) is 0 Å². The van der Waals surface area contributed by atoms with E-state index in [1.165, 1.54) is 25.3 Å². The SMILES string of the molecule is COc1cc(CC(=O)N(C)CCN2CCN(CC(=O)O)CC2)ccc1NC(=O)Nc1ccccc1F. The minimum absolute atomic E-state index is 0.0558. The number of para-hydroxylation sites is 1. The summed E-state index contributed by atoms with van der Waals surface area (Å²) in [5.41, 5.74) is 1.17. The topological polar surface area (TPSA) is 114 Å². The molecule has 0 radical (unpaired) electrons. The highest BCUT2D eigenvalue weighted by molar-refractivity contribution is 6.00. The summed E-state index contributed by atoms with van der Waals surface area (Å²) in [6.45, 7) is 4.26. The van der Waals surface area contributed by atoms with E-state index in [0.717, 1.165) is 18.7 Å². The highest BCUT2D eigenvalue weighted by atomic mass is 19.1. The van der Waals surface area contributed by atoms with Crippen molar-refractivity contribution in [1.29, 1.82) is 0 Å². The zero-order chi connectivity index (χ0) is 26.1. The first kappa shape index (κ1) is 26.9. The summed E-state index contributed by atoms with van der Waals surface area (Å²) in [4.78, 5) is 41.6. The lowest BCUT2D eigenvalue weighted by Gasteiger charge is -2.34. The number of benzene rings is 2. The van der Waals surface area contributed by atoms with Crippen molar-refractivity contribution in [1.82, 2.24) is 14.7 Å². The Kier molecular flexibility index (Phi) is 9.60. The number of ether oxygens (including phenoxy) is 1. The number of urea groups is 1. The van der Waals surface area contributed by atoms with Crippen LogP contribution in [0.4, 0.5) is 20.6 Å². The predicted octanol–water partition coefficient (Wildman–Crippen LogP) is 2.18. The third kappa shape index (κ3) is 7.92. The molecule has 0 bridgehead atoms. The number of carbonyl (C=O) groups is 3. The molecule has 0 aromatic heterocycles. The maximum atomic E-state index is 13.8. The Labute approximate surface area is 209 Å². The molecule has 2 aromatic carbocycles. The monoisotopic (exact) mass is 501 g/mol. The number of hydrogen-bond acceptors (Lipinski definition) is 6. The number of anilines is 2. The standard InChI is InChI=1S/C25H32FN5O5/c1-29(9-10-30-11-13-31(14-12-30)17-24(33)34)23(32)16-18-7-8-21(22(15-18)36-2)28-25(35)27-20-6-4-3-5-19(20)26/h3-8,15H,9-14,16-17H2,1-2H3,(H,33,34)(H2,27,28,35). The van der Waals surface area contributed by atoms with Gasteiger partial charge < -0.3 is 25.4 Å². The van der Waals surface area contributed by atoms with Crippen molar-refractivity contribution >= 4 is 29.3 Å². The number of hydrogen-bond donors (Lipinski definition) is 3. The molecule has 0 saturated carbocycles. The molecule has 1 heterocycles. The van der Waals surface area contributed by atoms with E-state index in [0.29, 0.717) is 37.6 Å². The van der Waals surface area contributed by atoms with Gasteiger partial charge in [-0.3, -0.25) is 19.4 Å². The van der Waals surface area contributed by atoms with Crippen LogP contribution in [0.15, 0.2) is 42.5 Å². The van der Waals surface area contributed by atoms with Crippen molar-refractivity contribution in [3.05, 3.63) is 53.8 Å². The van der Waals surface area contributed by atoms with Crippen molar-refractivity contribution in [3.63, 3.8) is 0 Å². The first-order valence-corrected chi connectivity index (χ1v) is 11.6. The largest absolute Gasteiger partial charge is 0.495 e. The van der Waals surface area contributed by atoms with Crippen LogP contribution in [-0.2, 0) is 16.0 Å². The Morgan fingerprint density at radius 2 is 1.69 bits per heavy atom. The zero-order valence-corrected chi connectivity index (χ0v) is 20.5. The lowest BCUT2D eigenvalue weighted by Crippen LogP contribution is -2.49. The van der Waals surface area contributed by atoms with Crippen LogP contribution in [0, 0.1) is 5.82 Å². The molecule has 3 rings (SSSR count). The summed E-state index contributed by atoms with van der Waals surface area (Å²) in [5, 5.41) is 14.0. The molecular formula is C25H32FN5O5. The fourth-order valence-corrected chi connectivity index (χ4v) is 3.88. The molecule has 10 nitrogen and oxygen atoms in total. The summed E-state index contributed by atoms with van der Waals surface area (Å²) in [6.07, 6.45) is 0.168. The molecule has 2 aromatic rings. The average molecular weight is 502 g/mol. The lowest BCUT2D eigenvalue weighted by molar-refractivity contribution is -0.139. The number of carboxylic acids is 1. The van der Waals surface area contributed by atoms with Crippen LogP contribution in [-0.4, -0.2) is 97.7 Å². The Morgan fingerprint density at radius 3 is 2.36 bits per heavy atom. The molecule has 1 fully saturated rings. The summed E-state index contributed by atoms with van der Waals surface area (Å²) >= 11 is 0. The van der Waals surface area contributed by atoms with Crippen molar-refractivity contribution in [2.24, 2.45) is 0 Å². The molecule has 0 aliphatic carbocycles. The number of methoxy groups -OCH3 is 1. The van der Waals surface area contributed by atoms with Crippen LogP contribution in [0.2, 0.25) is 0 Å². The van der Waals surface area contributed by atoms with Crippen molar-refractivity contribution in [2.45, 2.75) is 6.42 Å². The molecular weight excluding hydrogens is 469 g/mol. The Morgan fingerprint density at radius 1 is 1.03 bits per heavy atom. The maximum Gasteiger partial charge on any atom is 0.323 e. The number of aliphatic carboxylic acids is 1. The van der Waals surface area contributed by atoms with E-state index in [1.54, 1.807) is 36.2 Å². The van der Waals surface area contributed by atoms with Crippen LogP contribution < -0.4 is 15.4 Å². The second-order valence-electron chi connectivity index (χ2n) is 8.60. The first-order valence-electron chi connectivity index (χ1n) is 11.6. The number of rotatable bonds is 10. The van der Waals surface area contributed by atoms with Crippen LogP contribution >= 0.6 is 0 Å². The Hall–Kier alpha value is -3.70. The number of nitrogens with zero attached hydrogens (tertiary/aromatic N) is 3. The Balaban J connectivity index is 1.48. The fourth-order valence-electron chi connectivity index (χ4n) is 3.88. The highest BCUT2D eigenvalue weighted by Crippen LogP contribution is 2.26. The van der Waals surface area contributed by atoms with E-state index in [4.69, 9.17) is 9.84 Å². The molecule has 0 unspecified atom stereocenters. The van der Waals surface area contributed by atoms with Gasteiger partial charge >= 0.3 is 12.0 Å². The maximum absolute atomic E-state index is 13.8.